The summed E-state index contributed by atoms with van der Waals surface area (Å²) in [7, 11) is 0. The number of carbonyl (C=O) groups is 2. The van der Waals surface area contributed by atoms with E-state index in [9.17, 15) is 9.59 Å². The Kier molecular flexibility index (Phi) is 4.59. The molecule has 0 radical (unpaired) electrons. The fourth-order valence-corrected chi connectivity index (χ4v) is 5.14. The van der Waals surface area contributed by atoms with E-state index in [1.807, 2.05) is 22.4 Å². The van der Waals surface area contributed by atoms with Gasteiger partial charge in [-0.1, -0.05) is 6.07 Å². The third-order valence-corrected chi connectivity index (χ3v) is 6.57. The molecule has 130 valence electrons. The Bertz CT molecular complexity index is 597. The lowest BCUT2D eigenvalue weighted by Crippen LogP contribution is -2.42. The van der Waals surface area contributed by atoms with E-state index in [2.05, 4.69) is 9.80 Å². The van der Waals surface area contributed by atoms with E-state index >= 15 is 0 Å². The van der Waals surface area contributed by atoms with E-state index in [1.54, 1.807) is 11.3 Å². The predicted octanol–water partition coefficient (Wildman–Crippen LogP) is 1.59. The maximum Gasteiger partial charge on any atom is 0.228 e. The predicted molar refractivity (Wildman–Crippen MR) is 93.9 cm³/mol. The van der Waals surface area contributed by atoms with Crippen molar-refractivity contribution in [2.45, 2.75) is 44.2 Å². The van der Waals surface area contributed by atoms with Crippen LogP contribution in [0, 0.1) is 0 Å². The van der Waals surface area contributed by atoms with Crippen LogP contribution in [0.1, 0.15) is 30.6 Å². The molecule has 0 N–H and O–H groups in total. The molecule has 0 aromatic carbocycles. The van der Waals surface area contributed by atoms with Gasteiger partial charge in [-0.3, -0.25) is 9.59 Å². The first-order chi connectivity index (χ1) is 11.7. The summed E-state index contributed by atoms with van der Waals surface area (Å²) in [5, 5.41) is 2.01. The monoisotopic (exact) mass is 347 g/mol. The molecule has 5 nitrogen and oxygen atoms in total. The lowest BCUT2D eigenvalue weighted by Gasteiger charge is -2.27. The molecule has 0 spiro atoms. The Morgan fingerprint density at radius 3 is 2.75 bits per heavy atom. The Morgan fingerprint density at radius 1 is 1.17 bits per heavy atom. The molecule has 0 aliphatic carbocycles. The SMILES string of the molecule is O=C1C[C@H]2[C@@H](CCN2C(=O)Cc2cccs2)N1CCN1CCCC1. The maximum absolute atomic E-state index is 12.6. The molecule has 1 aromatic rings. The second kappa shape index (κ2) is 6.84. The third-order valence-electron chi connectivity index (χ3n) is 5.70. The second-order valence-corrected chi connectivity index (χ2v) is 8.14. The molecule has 0 saturated carbocycles. The van der Waals surface area contributed by atoms with Crippen LogP contribution in [-0.2, 0) is 16.0 Å². The van der Waals surface area contributed by atoms with Crippen molar-refractivity contribution in [3.8, 4) is 0 Å². The molecule has 3 aliphatic heterocycles. The van der Waals surface area contributed by atoms with Crippen molar-refractivity contribution in [3.05, 3.63) is 22.4 Å². The van der Waals surface area contributed by atoms with E-state index in [0.29, 0.717) is 12.8 Å². The highest BCUT2D eigenvalue weighted by molar-refractivity contribution is 7.10. The molecule has 2 amide bonds. The summed E-state index contributed by atoms with van der Waals surface area (Å²) in [6, 6.07) is 4.34. The van der Waals surface area contributed by atoms with Gasteiger partial charge in [0.15, 0.2) is 0 Å². The van der Waals surface area contributed by atoms with Crippen LogP contribution < -0.4 is 0 Å². The molecule has 0 bridgehead atoms. The van der Waals surface area contributed by atoms with Crippen molar-refractivity contribution >= 4 is 23.2 Å². The van der Waals surface area contributed by atoms with Crippen molar-refractivity contribution in [2.24, 2.45) is 0 Å². The van der Waals surface area contributed by atoms with Gasteiger partial charge in [0.05, 0.1) is 18.5 Å². The van der Waals surface area contributed by atoms with Gasteiger partial charge in [-0.15, -0.1) is 11.3 Å². The molecule has 24 heavy (non-hydrogen) atoms. The van der Waals surface area contributed by atoms with Gasteiger partial charge < -0.3 is 14.7 Å². The number of fused-ring (bicyclic) bond motifs is 1. The number of thiophene rings is 1. The molecule has 3 fully saturated rings. The van der Waals surface area contributed by atoms with Crippen LogP contribution in [0.2, 0.25) is 0 Å². The summed E-state index contributed by atoms with van der Waals surface area (Å²) in [6.45, 7) is 4.95. The molecule has 3 saturated heterocycles. The molecule has 0 unspecified atom stereocenters. The zero-order chi connectivity index (χ0) is 16.5. The zero-order valence-corrected chi connectivity index (χ0v) is 14.8. The molecule has 4 heterocycles. The lowest BCUT2D eigenvalue weighted by molar-refractivity contribution is -0.131. The second-order valence-electron chi connectivity index (χ2n) is 7.11. The average Bonchev–Trinajstić information content (AvgIpc) is 3.31. The fraction of sp³-hybridized carbons (Fsp3) is 0.667. The molecule has 6 heteroatoms. The van der Waals surface area contributed by atoms with E-state index in [0.717, 1.165) is 30.9 Å². The standard InChI is InChI=1S/C18H25N3O2S/c22-17(12-14-4-3-11-24-14)20-8-5-15-16(20)13-18(23)21(15)10-9-19-6-1-2-7-19/h3-4,11,15-16H,1-2,5-10,12-13H2/t15-,16+/m1/s1. The summed E-state index contributed by atoms with van der Waals surface area (Å²) in [6.07, 6.45) is 4.49. The summed E-state index contributed by atoms with van der Waals surface area (Å²) in [5.41, 5.74) is 0. The minimum Gasteiger partial charge on any atom is -0.337 e. The van der Waals surface area contributed by atoms with Crippen molar-refractivity contribution < 1.29 is 9.59 Å². The highest BCUT2D eigenvalue weighted by Gasteiger charge is 2.47. The van der Waals surface area contributed by atoms with E-state index in [1.165, 1.54) is 25.9 Å². The van der Waals surface area contributed by atoms with Gasteiger partial charge in [-0.25, -0.2) is 0 Å². The first kappa shape index (κ1) is 16.1. The lowest BCUT2D eigenvalue weighted by atomic mass is 10.1. The van der Waals surface area contributed by atoms with Gasteiger partial charge in [-0.2, -0.15) is 0 Å². The number of rotatable bonds is 5. The summed E-state index contributed by atoms with van der Waals surface area (Å²) in [4.78, 5) is 32.7. The first-order valence-electron chi connectivity index (χ1n) is 9.06. The van der Waals surface area contributed by atoms with Crippen LogP contribution >= 0.6 is 11.3 Å². The number of hydrogen-bond donors (Lipinski definition) is 0. The van der Waals surface area contributed by atoms with E-state index in [4.69, 9.17) is 0 Å². The van der Waals surface area contributed by atoms with Gasteiger partial charge in [-0.05, 0) is 43.8 Å². The first-order valence-corrected chi connectivity index (χ1v) is 9.94. The van der Waals surface area contributed by atoms with Gasteiger partial charge in [0.25, 0.3) is 0 Å². The van der Waals surface area contributed by atoms with E-state index < -0.39 is 0 Å². The Labute approximate surface area is 147 Å². The van der Waals surface area contributed by atoms with Crippen molar-refractivity contribution in [3.63, 3.8) is 0 Å². The maximum atomic E-state index is 12.6. The summed E-state index contributed by atoms with van der Waals surface area (Å²) in [5.74, 6) is 0.414. The third kappa shape index (κ3) is 3.09. The topological polar surface area (TPSA) is 43.9 Å². The number of hydrogen-bond acceptors (Lipinski definition) is 4. The van der Waals surface area contributed by atoms with Crippen molar-refractivity contribution in [1.29, 1.82) is 0 Å². The van der Waals surface area contributed by atoms with Crippen LogP contribution in [0.25, 0.3) is 0 Å². The van der Waals surface area contributed by atoms with Gasteiger partial charge in [0.2, 0.25) is 11.8 Å². The van der Waals surface area contributed by atoms with Crippen molar-refractivity contribution in [1.82, 2.24) is 14.7 Å². The van der Waals surface area contributed by atoms with E-state index in [-0.39, 0.29) is 23.9 Å². The highest BCUT2D eigenvalue weighted by atomic mass is 32.1. The fourth-order valence-electron chi connectivity index (χ4n) is 4.45. The summed E-state index contributed by atoms with van der Waals surface area (Å²) >= 11 is 1.63. The van der Waals surface area contributed by atoms with Crippen LogP contribution in [0.4, 0.5) is 0 Å². The zero-order valence-electron chi connectivity index (χ0n) is 14.0. The van der Waals surface area contributed by atoms with Crippen molar-refractivity contribution in [2.75, 3.05) is 32.7 Å². The summed E-state index contributed by atoms with van der Waals surface area (Å²) < 4.78 is 0. The Balaban J connectivity index is 1.36. The Hall–Kier alpha value is -1.40. The van der Waals surface area contributed by atoms with Gasteiger partial charge >= 0.3 is 0 Å². The average molecular weight is 347 g/mol. The quantitative estimate of drug-likeness (QED) is 0.812. The molecule has 2 atom stereocenters. The smallest absolute Gasteiger partial charge is 0.228 e. The number of amides is 2. The van der Waals surface area contributed by atoms with Crippen LogP contribution in [0.3, 0.4) is 0 Å². The van der Waals surface area contributed by atoms with Gasteiger partial charge in [0, 0.05) is 30.9 Å². The Morgan fingerprint density at radius 2 is 2.00 bits per heavy atom. The highest BCUT2D eigenvalue weighted by Crippen LogP contribution is 2.33. The van der Waals surface area contributed by atoms with Crippen LogP contribution in [-0.4, -0.2) is 71.3 Å². The number of nitrogens with zero attached hydrogens (tertiary/aromatic N) is 3. The van der Waals surface area contributed by atoms with Crippen LogP contribution in [0.5, 0.6) is 0 Å². The van der Waals surface area contributed by atoms with Gasteiger partial charge in [0.1, 0.15) is 0 Å². The minimum absolute atomic E-state index is 0.101. The molecular formula is C18H25N3O2S. The molecule has 4 rings (SSSR count). The number of carbonyl (C=O) groups excluding carboxylic acids is 2. The molecular weight excluding hydrogens is 322 g/mol. The normalized spacial score (nSPS) is 27.2. The molecule has 3 aliphatic rings. The number of likely N-dealkylation sites (tertiary alicyclic amines) is 3. The largest absolute Gasteiger partial charge is 0.337 e. The van der Waals surface area contributed by atoms with Crippen LogP contribution in [0.15, 0.2) is 17.5 Å². The molecule has 1 aromatic heterocycles. The minimum atomic E-state index is 0.101.